The Morgan fingerprint density at radius 1 is 1.46 bits per heavy atom. The molecular weight excluding hydrogens is 178 g/mol. The van der Waals surface area contributed by atoms with E-state index in [-0.39, 0.29) is 0 Å². The van der Waals surface area contributed by atoms with Crippen molar-refractivity contribution < 1.29 is 0 Å². The Morgan fingerprint density at radius 2 is 2.31 bits per heavy atom. The van der Waals surface area contributed by atoms with Crippen LogP contribution in [-0.2, 0) is 0 Å². The van der Waals surface area contributed by atoms with Crippen molar-refractivity contribution in [2.45, 2.75) is 25.7 Å². The fourth-order valence-corrected chi connectivity index (χ4v) is 4.24. The van der Waals surface area contributed by atoms with Crippen molar-refractivity contribution in [1.82, 2.24) is 5.32 Å². The van der Waals surface area contributed by atoms with E-state index in [1.165, 1.54) is 18.0 Å². The molecule has 1 fully saturated rings. The zero-order valence-electron chi connectivity index (χ0n) is 8.13. The van der Waals surface area contributed by atoms with Crippen molar-refractivity contribution in [3.8, 4) is 0 Å². The van der Waals surface area contributed by atoms with E-state index in [1.807, 2.05) is 11.3 Å². The number of hydrogen-bond donors (Lipinski definition) is 1. The summed E-state index contributed by atoms with van der Waals surface area (Å²) in [5.41, 5.74) is 1.65. The van der Waals surface area contributed by atoms with E-state index in [1.54, 1.807) is 10.4 Å². The minimum Gasteiger partial charge on any atom is -0.316 e. The van der Waals surface area contributed by atoms with Crippen LogP contribution in [0.4, 0.5) is 0 Å². The molecule has 2 aliphatic rings. The maximum Gasteiger partial charge on any atom is 0.0130 e. The molecule has 0 aromatic carbocycles. The first-order valence-electron chi connectivity index (χ1n) is 5.08. The van der Waals surface area contributed by atoms with E-state index >= 15 is 0 Å². The standard InChI is InChI=1S/C11H15NS/c1-6-3-8-7(2)9-4-12-5-10(9)11(8)13-6/h3,7,9-10,12H,4-5H2,1-2H3. The molecule has 3 unspecified atom stereocenters. The van der Waals surface area contributed by atoms with E-state index in [9.17, 15) is 0 Å². The van der Waals surface area contributed by atoms with Crippen molar-refractivity contribution in [3.63, 3.8) is 0 Å². The molecule has 13 heavy (non-hydrogen) atoms. The van der Waals surface area contributed by atoms with Crippen LogP contribution in [0.3, 0.4) is 0 Å². The number of rotatable bonds is 0. The summed E-state index contributed by atoms with van der Waals surface area (Å²) < 4.78 is 0. The third-order valence-corrected chi connectivity index (χ3v) is 4.84. The lowest BCUT2D eigenvalue weighted by molar-refractivity contribution is 0.488. The lowest BCUT2D eigenvalue weighted by Gasteiger charge is -2.13. The SMILES string of the molecule is Cc1cc2c(s1)C1CNCC1C2C. The Bertz CT molecular complexity index is 342. The van der Waals surface area contributed by atoms with Crippen molar-refractivity contribution in [3.05, 3.63) is 21.4 Å². The third kappa shape index (κ3) is 0.960. The van der Waals surface area contributed by atoms with Crippen LogP contribution in [-0.4, -0.2) is 13.1 Å². The van der Waals surface area contributed by atoms with Gasteiger partial charge in [0.05, 0.1) is 0 Å². The molecule has 1 aromatic rings. The molecule has 1 aromatic heterocycles. The third-order valence-electron chi connectivity index (χ3n) is 3.64. The fourth-order valence-electron chi connectivity index (χ4n) is 2.94. The highest BCUT2D eigenvalue weighted by Gasteiger charge is 2.42. The van der Waals surface area contributed by atoms with E-state index < -0.39 is 0 Å². The molecule has 0 radical (unpaired) electrons. The summed E-state index contributed by atoms with van der Waals surface area (Å²) in [7, 11) is 0. The van der Waals surface area contributed by atoms with E-state index in [2.05, 4.69) is 25.2 Å². The summed E-state index contributed by atoms with van der Waals surface area (Å²) in [6.07, 6.45) is 0. The van der Waals surface area contributed by atoms with Crippen LogP contribution >= 0.6 is 11.3 Å². The largest absolute Gasteiger partial charge is 0.316 e. The van der Waals surface area contributed by atoms with Gasteiger partial charge in [0.15, 0.2) is 0 Å². The molecular formula is C11H15NS. The minimum atomic E-state index is 0.792. The van der Waals surface area contributed by atoms with Gasteiger partial charge in [0, 0.05) is 22.2 Å². The van der Waals surface area contributed by atoms with E-state index in [0.29, 0.717) is 0 Å². The molecule has 1 nitrogen and oxygen atoms in total. The fraction of sp³-hybridized carbons (Fsp3) is 0.636. The molecule has 2 heteroatoms. The quantitative estimate of drug-likeness (QED) is 0.667. The average molecular weight is 193 g/mol. The molecule has 3 atom stereocenters. The zero-order chi connectivity index (χ0) is 9.00. The van der Waals surface area contributed by atoms with Crippen molar-refractivity contribution >= 4 is 11.3 Å². The van der Waals surface area contributed by atoms with E-state index in [4.69, 9.17) is 0 Å². The van der Waals surface area contributed by atoms with Crippen LogP contribution in [0.15, 0.2) is 6.07 Å². The van der Waals surface area contributed by atoms with Crippen LogP contribution in [0.2, 0.25) is 0 Å². The molecule has 1 saturated heterocycles. The summed E-state index contributed by atoms with van der Waals surface area (Å²) in [5.74, 6) is 2.52. The van der Waals surface area contributed by atoms with Crippen molar-refractivity contribution in [2.24, 2.45) is 5.92 Å². The molecule has 0 amide bonds. The van der Waals surface area contributed by atoms with Crippen LogP contribution in [0.5, 0.6) is 0 Å². The smallest absolute Gasteiger partial charge is 0.0130 e. The number of nitrogens with one attached hydrogen (secondary N) is 1. The van der Waals surface area contributed by atoms with Gasteiger partial charge in [0.1, 0.15) is 0 Å². The number of aryl methyl sites for hydroxylation is 1. The van der Waals surface area contributed by atoms with Gasteiger partial charge in [-0.15, -0.1) is 11.3 Å². The second-order valence-electron chi connectivity index (χ2n) is 4.39. The summed E-state index contributed by atoms with van der Waals surface area (Å²) in [4.78, 5) is 3.17. The van der Waals surface area contributed by atoms with Gasteiger partial charge in [-0.1, -0.05) is 6.92 Å². The van der Waals surface area contributed by atoms with Gasteiger partial charge in [-0.05, 0) is 36.9 Å². The summed E-state index contributed by atoms with van der Waals surface area (Å²) in [6, 6.07) is 2.41. The topological polar surface area (TPSA) is 12.0 Å². The number of fused-ring (bicyclic) bond motifs is 3. The highest BCUT2D eigenvalue weighted by atomic mass is 32.1. The van der Waals surface area contributed by atoms with Gasteiger partial charge in [0.2, 0.25) is 0 Å². The molecule has 1 aliphatic carbocycles. The summed E-state index contributed by atoms with van der Waals surface area (Å²) in [6.45, 7) is 7.06. The Kier molecular flexibility index (Phi) is 1.59. The summed E-state index contributed by atoms with van der Waals surface area (Å²) >= 11 is 2.02. The predicted molar refractivity (Wildman–Crippen MR) is 56.6 cm³/mol. The van der Waals surface area contributed by atoms with Gasteiger partial charge in [0.25, 0.3) is 0 Å². The maximum atomic E-state index is 3.51. The molecule has 70 valence electrons. The van der Waals surface area contributed by atoms with Crippen LogP contribution in [0, 0.1) is 12.8 Å². The first-order valence-corrected chi connectivity index (χ1v) is 5.90. The lowest BCUT2D eigenvalue weighted by Crippen LogP contribution is -2.12. The molecule has 0 bridgehead atoms. The maximum absolute atomic E-state index is 3.51. The first kappa shape index (κ1) is 8.01. The molecule has 1 N–H and O–H groups in total. The average Bonchev–Trinajstić information content (AvgIpc) is 2.70. The predicted octanol–water partition coefficient (Wildman–Crippen LogP) is 2.48. The monoisotopic (exact) mass is 193 g/mol. The van der Waals surface area contributed by atoms with Crippen LogP contribution < -0.4 is 5.32 Å². The van der Waals surface area contributed by atoms with Crippen molar-refractivity contribution in [2.75, 3.05) is 13.1 Å². The Morgan fingerprint density at radius 3 is 3.15 bits per heavy atom. The zero-order valence-corrected chi connectivity index (χ0v) is 8.95. The second-order valence-corrected chi connectivity index (χ2v) is 5.68. The summed E-state index contributed by atoms with van der Waals surface area (Å²) in [5, 5.41) is 3.51. The van der Waals surface area contributed by atoms with Gasteiger partial charge in [-0.25, -0.2) is 0 Å². The molecule has 3 rings (SSSR count). The molecule has 1 aliphatic heterocycles. The highest BCUT2D eigenvalue weighted by molar-refractivity contribution is 7.12. The molecule has 2 heterocycles. The normalized spacial score (nSPS) is 36.3. The molecule has 0 spiro atoms. The number of thiophene rings is 1. The lowest BCUT2D eigenvalue weighted by atomic mass is 9.91. The van der Waals surface area contributed by atoms with E-state index in [0.717, 1.165) is 17.8 Å². The first-order chi connectivity index (χ1) is 6.27. The highest BCUT2D eigenvalue weighted by Crippen LogP contribution is 2.51. The second kappa shape index (κ2) is 2.58. The van der Waals surface area contributed by atoms with Crippen LogP contribution in [0.1, 0.15) is 34.1 Å². The number of hydrogen-bond acceptors (Lipinski definition) is 2. The van der Waals surface area contributed by atoms with Crippen LogP contribution in [0.25, 0.3) is 0 Å². The van der Waals surface area contributed by atoms with Gasteiger partial charge in [-0.3, -0.25) is 0 Å². The van der Waals surface area contributed by atoms with Gasteiger partial charge >= 0.3 is 0 Å². The molecule has 0 saturated carbocycles. The van der Waals surface area contributed by atoms with Crippen molar-refractivity contribution in [1.29, 1.82) is 0 Å². The Hall–Kier alpha value is -0.340. The minimum absolute atomic E-state index is 0.792. The van der Waals surface area contributed by atoms with Gasteiger partial charge < -0.3 is 5.32 Å². The Labute approximate surface area is 83.2 Å². The Balaban J connectivity index is 2.11. The van der Waals surface area contributed by atoms with Gasteiger partial charge in [-0.2, -0.15) is 0 Å².